The van der Waals surface area contributed by atoms with E-state index in [2.05, 4.69) is 35.2 Å². The Balaban J connectivity index is 1.26. The number of hydrogen-bond donors (Lipinski definition) is 1. The number of carbonyl (C=O) groups is 2. The van der Waals surface area contributed by atoms with Gasteiger partial charge in [0.25, 0.3) is 0 Å². The summed E-state index contributed by atoms with van der Waals surface area (Å²) >= 11 is 0. The quantitative estimate of drug-likeness (QED) is 0.233. The molecule has 2 saturated carbocycles. The molecule has 0 aromatic heterocycles. The smallest absolute Gasteiger partial charge is 0.308 e. The first-order valence-electron chi connectivity index (χ1n) is 15.3. The van der Waals surface area contributed by atoms with Gasteiger partial charge in [-0.3, -0.25) is 9.59 Å². The SMILES string of the molecule is CC(=O)Oc1cccc([C@@]23CCN(CC4CC4)C[C@H]2C(O)C[C@H](N(C)C(=O)CCCCCc2ccccc2)C3)c1. The molecule has 0 spiro atoms. The highest BCUT2D eigenvalue weighted by molar-refractivity contribution is 5.76. The van der Waals surface area contributed by atoms with Crippen LogP contribution in [0.2, 0.25) is 0 Å². The number of likely N-dealkylation sites (tertiary alicyclic amines) is 1. The van der Waals surface area contributed by atoms with Crippen LogP contribution in [0.15, 0.2) is 54.6 Å². The van der Waals surface area contributed by atoms with Gasteiger partial charge in [0.1, 0.15) is 5.75 Å². The fourth-order valence-corrected chi connectivity index (χ4v) is 7.22. The number of hydrogen-bond acceptors (Lipinski definition) is 5. The third kappa shape index (κ3) is 6.95. The second kappa shape index (κ2) is 12.9. The van der Waals surface area contributed by atoms with Gasteiger partial charge in [0, 0.05) is 50.9 Å². The maximum atomic E-state index is 13.3. The Morgan fingerprint density at radius 3 is 2.62 bits per heavy atom. The van der Waals surface area contributed by atoms with E-state index in [-0.39, 0.29) is 29.3 Å². The van der Waals surface area contributed by atoms with Crippen molar-refractivity contribution in [3.63, 3.8) is 0 Å². The van der Waals surface area contributed by atoms with E-state index in [0.29, 0.717) is 18.6 Å². The van der Waals surface area contributed by atoms with Gasteiger partial charge in [0.05, 0.1) is 6.10 Å². The van der Waals surface area contributed by atoms with Gasteiger partial charge in [-0.2, -0.15) is 0 Å². The summed E-state index contributed by atoms with van der Waals surface area (Å²) in [5.41, 5.74) is 2.21. The molecule has 5 rings (SSSR count). The van der Waals surface area contributed by atoms with E-state index in [1.165, 1.54) is 25.3 Å². The molecule has 1 unspecified atom stereocenters. The normalized spacial score (nSPS) is 26.6. The van der Waals surface area contributed by atoms with Gasteiger partial charge in [-0.15, -0.1) is 0 Å². The first-order chi connectivity index (χ1) is 19.3. The molecule has 2 aliphatic carbocycles. The van der Waals surface area contributed by atoms with Crippen LogP contribution in [0.1, 0.15) is 75.8 Å². The van der Waals surface area contributed by atoms with Crippen LogP contribution in [0, 0.1) is 11.8 Å². The molecule has 40 heavy (non-hydrogen) atoms. The molecule has 216 valence electrons. The number of ether oxygens (including phenoxy) is 1. The minimum absolute atomic E-state index is 0.0181. The first-order valence-corrected chi connectivity index (χ1v) is 15.3. The number of carbonyl (C=O) groups excluding carboxylic acids is 2. The van der Waals surface area contributed by atoms with Crippen LogP contribution in [0.25, 0.3) is 0 Å². The molecule has 1 aliphatic heterocycles. The highest BCUT2D eigenvalue weighted by atomic mass is 16.5. The van der Waals surface area contributed by atoms with Gasteiger partial charge in [0.2, 0.25) is 5.91 Å². The van der Waals surface area contributed by atoms with Gasteiger partial charge in [-0.25, -0.2) is 0 Å². The summed E-state index contributed by atoms with van der Waals surface area (Å²) in [5.74, 6) is 1.29. The number of aryl methyl sites for hydroxylation is 1. The maximum absolute atomic E-state index is 13.3. The number of aliphatic hydroxyl groups is 1. The molecule has 2 aromatic carbocycles. The van der Waals surface area contributed by atoms with Crippen LogP contribution in [0.5, 0.6) is 5.75 Å². The van der Waals surface area contributed by atoms with Crippen molar-refractivity contribution in [1.82, 2.24) is 9.80 Å². The number of aliphatic hydroxyl groups excluding tert-OH is 1. The summed E-state index contributed by atoms with van der Waals surface area (Å²) in [6.45, 7) is 4.41. The number of benzene rings is 2. The largest absolute Gasteiger partial charge is 0.427 e. The van der Waals surface area contributed by atoms with Crippen molar-refractivity contribution < 1.29 is 19.4 Å². The fourth-order valence-electron chi connectivity index (χ4n) is 7.22. The number of amides is 1. The van der Waals surface area contributed by atoms with Crippen molar-refractivity contribution >= 4 is 11.9 Å². The van der Waals surface area contributed by atoms with E-state index >= 15 is 0 Å². The van der Waals surface area contributed by atoms with Gasteiger partial charge in [-0.1, -0.05) is 48.9 Å². The fraction of sp³-hybridized carbons (Fsp3) is 0.588. The number of rotatable bonds is 11. The zero-order valence-electron chi connectivity index (χ0n) is 24.3. The predicted molar refractivity (Wildman–Crippen MR) is 157 cm³/mol. The zero-order chi connectivity index (χ0) is 28.1. The summed E-state index contributed by atoms with van der Waals surface area (Å²) in [6, 6.07) is 18.4. The Kier molecular flexibility index (Phi) is 9.27. The van der Waals surface area contributed by atoms with E-state index in [9.17, 15) is 14.7 Å². The molecule has 0 bridgehead atoms. The molecule has 4 atom stereocenters. The predicted octanol–water partition coefficient (Wildman–Crippen LogP) is 5.37. The van der Waals surface area contributed by atoms with Crippen LogP contribution in [0.3, 0.4) is 0 Å². The van der Waals surface area contributed by atoms with E-state index in [1.807, 2.05) is 36.2 Å². The molecule has 6 nitrogen and oxygen atoms in total. The van der Waals surface area contributed by atoms with E-state index in [1.54, 1.807) is 0 Å². The van der Waals surface area contributed by atoms with E-state index in [4.69, 9.17) is 4.74 Å². The van der Waals surface area contributed by atoms with Crippen LogP contribution in [-0.4, -0.2) is 65.6 Å². The second-order valence-corrected chi connectivity index (χ2v) is 12.5. The lowest BCUT2D eigenvalue weighted by molar-refractivity contribution is -0.137. The molecule has 6 heteroatoms. The summed E-state index contributed by atoms with van der Waals surface area (Å²) < 4.78 is 5.46. The molecule has 1 N–H and O–H groups in total. The monoisotopic (exact) mass is 546 g/mol. The Morgan fingerprint density at radius 1 is 1.07 bits per heavy atom. The molecule has 2 aromatic rings. The number of nitrogens with zero attached hydrogens (tertiary/aromatic N) is 2. The lowest BCUT2D eigenvalue weighted by Gasteiger charge is -2.56. The Labute approximate surface area is 239 Å². The maximum Gasteiger partial charge on any atom is 0.308 e. The molecule has 3 fully saturated rings. The highest BCUT2D eigenvalue weighted by Crippen LogP contribution is 2.51. The number of fused-ring (bicyclic) bond motifs is 1. The molecule has 0 radical (unpaired) electrons. The van der Waals surface area contributed by atoms with Crippen LogP contribution < -0.4 is 4.74 Å². The molecule has 1 amide bonds. The second-order valence-electron chi connectivity index (χ2n) is 12.5. The zero-order valence-corrected chi connectivity index (χ0v) is 24.3. The van der Waals surface area contributed by atoms with Crippen molar-refractivity contribution in [1.29, 1.82) is 0 Å². The Bertz CT molecular complexity index is 1150. The molecular weight excluding hydrogens is 500 g/mol. The van der Waals surface area contributed by atoms with Gasteiger partial charge in [-0.05, 0) is 87.1 Å². The van der Waals surface area contributed by atoms with Crippen molar-refractivity contribution in [3.05, 3.63) is 65.7 Å². The van der Waals surface area contributed by atoms with Crippen molar-refractivity contribution in [2.75, 3.05) is 26.7 Å². The van der Waals surface area contributed by atoms with Gasteiger partial charge >= 0.3 is 5.97 Å². The third-order valence-corrected chi connectivity index (χ3v) is 9.64. The van der Waals surface area contributed by atoms with E-state index in [0.717, 1.165) is 69.6 Å². The van der Waals surface area contributed by atoms with Crippen LogP contribution in [0.4, 0.5) is 0 Å². The van der Waals surface area contributed by atoms with Crippen molar-refractivity contribution in [3.8, 4) is 5.75 Å². The average molecular weight is 547 g/mol. The number of esters is 1. The molecule has 1 heterocycles. The first kappa shape index (κ1) is 28.8. The van der Waals surface area contributed by atoms with Crippen molar-refractivity contribution in [2.24, 2.45) is 11.8 Å². The third-order valence-electron chi connectivity index (χ3n) is 9.64. The number of unbranched alkanes of at least 4 members (excludes halogenated alkanes) is 2. The molecular formula is C34H46N2O4. The van der Waals surface area contributed by atoms with Crippen molar-refractivity contribution in [2.45, 2.75) is 88.7 Å². The minimum Gasteiger partial charge on any atom is -0.427 e. The standard InChI is InChI=1S/C34H46N2O4/c1-25(37)40-30-14-9-13-28(20-30)34-18-19-36(23-27-16-17-27)24-31(34)32(38)21-29(22-34)35(2)33(39)15-8-4-7-12-26-10-5-3-6-11-26/h3,5-6,9-11,13-14,20,27,29,31-32,38H,4,7-8,12,15-19,21-24H2,1-2H3/t29-,31-,32?,34-/m0/s1. The summed E-state index contributed by atoms with van der Waals surface area (Å²) in [5, 5.41) is 11.6. The Hall–Kier alpha value is -2.70. The van der Waals surface area contributed by atoms with Gasteiger partial charge in [0.15, 0.2) is 0 Å². The topological polar surface area (TPSA) is 70.1 Å². The minimum atomic E-state index is -0.487. The average Bonchev–Trinajstić information content (AvgIpc) is 3.77. The highest BCUT2D eigenvalue weighted by Gasteiger charge is 2.53. The van der Waals surface area contributed by atoms with Crippen LogP contribution >= 0.6 is 0 Å². The van der Waals surface area contributed by atoms with Crippen LogP contribution in [-0.2, 0) is 21.4 Å². The van der Waals surface area contributed by atoms with E-state index < -0.39 is 6.10 Å². The lowest BCUT2D eigenvalue weighted by Crippen LogP contribution is -2.61. The number of piperidine rings is 1. The van der Waals surface area contributed by atoms with Gasteiger partial charge < -0.3 is 19.6 Å². The summed E-state index contributed by atoms with van der Waals surface area (Å²) in [7, 11) is 1.93. The Morgan fingerprint density at radius 2 is 1.88 bits per heavy atom. The molecule has 3 aliphatic rings. The lowest BCUT2D eigenvalue weighted by atomic mass is 9.56. The summed E-state index contributed by atoms with van der Waals surface area (Å²) in [4.78, 5) is 29.5. The summed E-state index contributed by atoms with van der Waals surface area (Å²) in [6.07, 6.45) is 9.13. The molecule has 1 saturated heterocycles.